The Labute approximate surface area is 127 Å². The maximum atomic E-state index is 5.85. The Morgan fingerprint density at radius 1 is 1.24 bits per heavy atom. The quantitative estimate of drug-likeness (QED) is 0.917. The van der Waals surface area contributed by atoms with Gasteiger partial charge in [-0.3, -0.25) is 4.90 Å². The number of nitrogens with zero attached hydrogens (tertiary/aromatic N) is 1. The first-order valence-corrected chi connectivity index (χ1v) is 8.08. The molecule has 2 fully saturated rings. The van der Waals surface area contributed by atoms with Gasteiger partial charge in [-0.25, -0.2) is 0 Å². The van der Waals surface area contributed by atoms with Gasteiger partial charge < -0.3 is 14.8 Å². The Bertz CT molecular complexity index is 420. The number of piperazine rings is 1. The molecule has 0 aromatic heterocycles. The van der Waals surface area contributed by atoms with E-state index in [2.05, 4.69) is 47.5 Å². The summed E-state index contributed by atoms with van der Waals surface area (Å²) in [5, 5.41) is 3.67. The number of hydrogen-bond donors (Lipinski definition) is 1. The van der Waals surface area contributed by atoms with Crippen molar-refractivity contribution in [3.63, 3.8) is 0 Å². The average Bonchev–Trinajstić information content (AvgIpc) is 2.56. The second kappa shape index (κ2) is 7.36. The van der Waals surface area contributed by atoms with Gasteiger partial charge in [-0.2, -0.15) is 0 Å². The lowest BCUT2D eigenvalue weighted by Crippen LogP contribution is -2.54. The zero-order valence-electron chi connectivity index (χ0n) is 12.8. The van der Waals surface area contributed by atoms with Crippen LogP contribution in [0.2, 0.25) is 0 Å². The summed E-state index contributed by atoms with van der Waals surface area (Å²) in [4.78, 5) is 2.57. The highest BCUT2D eigenvalue weighted by molar-refractivity contribution is 5.20. The smallest absolute Gasteiger partial charge is 0.0936 e. The Kier molecular flexibility index (Phi) is 5.25. The van der Waals surface area contributed by atoms with Crippen LogP contribution in [0.1, 0.15) is 24.9 Å². The van der Waals surface area contributed by atoms with Crippen molar-refractivity contribution in [1.82, 2.24) is 10.2 Å². The molecule has 0 saturated carbocycles. The van der Waals surface area contributed by atoms with Crippen molar-refractivity contribution in [2.75, 3.05) is 39.5 Å². The number of nitrogens with one attached hydrogen (secondary N) is 1. The lowest BCUT2D eigenvalue weighted by molar-refractivity contribution is -0.103. The Hall–Kier alpha value is -0.940. The van der Waals surface area contributed by atoms with E-state index >= 15 is 0 Å². The minimum absolute atomic E-state index is 0.209. The van der Waals surface area contributed by atoms with E-state index in [-0.39, 0.29) is 6.10 Å². The van der Waals surface area contributed by atoms with Gasteiger partial charge in [0, 0.05) is 31.7 Å². The van der Waals surface area contributed by atoms with Crippen molar-refractivity contribution in [2.45, 2.75) is 31.5 Å². The minimum atomic E-state index is 0.209. The molecule has 2 aliphatic rings. The third kappa shape index (κ3) is 3.83. The first-order chi connectivity index (χ1) is 10.4. The van der Waals surface area contributed by atoms with E-state index in [9.17, 15) is 0 Å². The molecule has 0 amide bonds. The van der Waals surface area contributed by atoms with E-state index in [4.69, 9.17) is 9.47 Å². The molecule has 3 atom stereocenters. The van der Waals surface area contributed by atoms with Crippen LogP contribution in [0.5, 0.6) is 0 Å². The zero-order valence-corrected chi connectivity index (χ0v) is 12.8. The van der Waals surface area contributed by atoms with E-state index in [1.165, 1.54) is 12.0 Å². The van der Waals surface area contributed by atoms with Crippen molar-refractivity contribution < 1.29 is 9.47 Å². The summed E-state index contributed by atoms with van der Waals surface area (Å²) in [7, 11) is 0. The lowest BCUT2D eigenvalue weighted by Gasteiger charge is -2.42. The van der Waals surface area contributed by atoms with Gasteiger partial charge in [-0.15, -0.1) is 0 Å². The molecule has 1 N–H and O–H groups in total. The second-order valence-electron chi connectivity index (χ2n) is 5.96. The molecule has 2 heterocycles. The molecule has 4 nitrogen and oxygen atoms in total. The fraction of sp³-hybridized carbons (Fsp3) is 0.647. The first-order valence-electron chi connectivity index (χ1n) is 8.08. The predicted octanol–water partition coefficient (Wildman–Crippen LogP) is 1.83. The third-order valence-electron chi connectivity index (χ3n) is 4.50. The highest BCUT2D eigenvalue weighted by Gasteiger charge is 2.30. The number of ether oxygens (including phenoxy) is 2. The van der Waals surface area contributed by atoms with Crippen LogP contribution in [-0.4, -0.2) is 56.5 Å². The number of rotatable bonds is 4. The molecule has 0 spiro atoms. The third-order valence-corrected chi connectivity index (χ3v) is 4.50. The van der Waals surface area contributed by atoms with Crippen LogP contribution >= 0.6 is 0 Å². The molecule has 3 rings (SSSR count). The summed E-state index contributed by atoms with van der Waals surface area (Å²) in [6, 6.07) is 11.8. The summed E-state index contributed by atoms with van der Waals surface area (Å²) in [6.07, 6.45) is 1.38. The van der Waals surface area contributed by atoms with E-state index < -0.39 is 0 Å². The van der Waals surface area contributed by atoms with Crippen LogP contribution in [0.25, 0.3) is 0 Å². The van der Waals surface area contributed by atoms with Crippen molar-refractivity contribution in [1.29, 1.82) is 0 Å². The van der Waals surface area contributed by atoms with Crippen molar-refractivity contribution >= 4 is 0 Å². The largest absolute Gasteiger partial charge is 0.376 e. The minimum Gasteiger partial charge on any atom is -0.376 e. The molecule has 0 aliphatic carbocycles. The molecule has 1 aromatic carbocycles. The highest BCUT2D eigenvalue weighted by atomic mass is 16.6. The zero-order chi connectivity index (χ0) is 14.5. The molecule has 0 radical (unpaired) electrons. The number of hydrogen-bond acceptors (Lipinski definition) is 4. The summed E-state index contributed by atoms with van der Waals surface area (Å²) in [6.45, 7) is 7.48. The Morgan fingerprint density at radius 2 is 2.10 bits per heavy atom. The maximum absolute atomic E-state index is 5.85. The summed E-state index contributed by atoms with van der Waals surface area (Å²) < 4.78 is 11.4. The Balaban J connectivity index is 1.70. The molecule has 1 aromatic rings. The van der Waals surface area contributed by atoms with E-state index in [0.29, 0.717) is 12.1 Å². The lowest BCUT2D eigenvalue weighted by atomic mass is 9.99. The fourth-order valence-corrected chi connectivity index (χ4v) is 3.26. The van der Waals surface area contributed by atoms with Gasteiger partial charge in [-0.05, 0) is 12.0 Å². The average molecular weight is 290 g/mol. The second-order valence-corrected chi connectivity index (χ2v) is 5.96. The van der Waals surface area contributed by atoms with Crippen LogP contribution in [0.3, 0.4) is 0 Å². The maximum Gasteiger partial charge on any atom is 0.0936 e. The van der Waals surface area contributed by atoms with Gasteiger partial charge in [0.15, 0.2) is 0 Å². The van der Waals surface area contributed by atoms with Gasteiger partial charge in [0.1, 0.15) is 0 Å². The van der Waals surface area contributed by atoms with E-state index in [0.717, 1.165) is 39.5 Å². The van der Waals surface area contributed by atoms with Crippen molar-refractivity contribution in [3.8, 4) is 0 Å². The standard InChI is InChI=1S/C17H26N2O2/c1-2-15-11-19(12-16-13-20-8-9-21-16)17(10-18-15)14-6-4-3-5-7-14/h3-7,15-18H,2,8-13H2,1H3. The van der Waals surface area contributed by atoms with Gasteiger partial charge >= 0.3 is 0 Å². The van der Waals surface area contributed by atoms with Crippen LogP contribution in [0, 0.1) is 0 Å². The number of benzene rings is 1. The molecule has 2 saturated heterocycles. The summed E-state index contributed by atoms with van der Waals surface area (Å²) >= 11 is 0. The molecule has 0 bridgehead atoms. The molecule has 4 heteroatoms. The SMILES string of the molecule is CCC1CN(CC2COCCO2)C(c2ccccc2)CN1. The van der Waals surface area contributed by atoms with Crippen molar-refractivity contribution in [2.24, 2.45) is 0 Å². The highest BCUT2D eigenvalue weighted by Crippen LogP contribution is 2.25. The van der Waals surface area contributed by atoms with Crippen LogP contribution in [0.4, 0.5) is 0 Å². The fourth-order valence-electron chi connectivity index (χ4n) is 3.26. The Morgan fingerprint density at radius 3 is 2.81 bits per heavy atom. The molecule has 21 heavy (non-hydrogen) atoms. The molecular formula is C17H26N2O2. The van der Waals surface area contributed by atoms with Crippen LogP contribution in [-0.2, 0) is 9.47 Å². The molecule has 116 valence electrons. The van der Waals surface area contributed by atoms with Gasteiger partial charge in [0.25, 0.3) is 0 Å². The van der Waals surface area contributed by atoms with Crippen LogP contribution < -0.4 is 5.32 Å². The van der Waals surface area contributed by atoms with Gasteiger partial charge in [0.2, 0.25) is 0 Å². The molecule has 2 aliphatic heterocycles. The van der Waals surface area contributed by atoms with E-state index in [1.54, 1.807) is 0 Å². The molecular weight excluding hydrogens is 264 g/mol. The summed E-state index contributed by atoms with van der Waals surface area (Å²) in [5.41, 5.74) is 1.39. The summed E-state index contributed by atoms with van der Waals surface area (Å²) in [5.74, 6) is 0. The normalized spacial score (nSPS) is 31.2. The predicted molar refractivity (Wildman–Crippen MR) is 83.4 cm³/mol. The molecule has 3 unspecified atom stereocenters. The topological polar surface area (TPSA) is 33.7 Å². The first kappa shape index (κ1) is 15.0. The van der Waals surface area contributed by atoms with Crippen LogP contribution in [0.15, 0.2) is 30.3 Å². The van der Waals surface area contributed by atoms with E-state index in [1.807, 2.05) is 0 Å². The van der Waals surface area contributed by atoms with Gasteiger partial charge in [-0.1, -0.05) is 37.3 Å². The van der Waals surface area contributed by atoms with Gasteiger partial charge in [0.05, 0.1) is 25.9 Å². The van der Waals surface area contributed by atoms with Crippen molar-refractivity contribution in [3.05, 3.63) is 35.9 Å². The monoisotopic (exact) mass is 290 g/mol.